The summed E-state index contributed by atoms with van der Waals surface area (Å²) < 4.78 is 19.1. The summed E-state index contributed by atoms with van der Waals surface area (Å²) in [5.74, 6) is 0.809. The van der Waals surface area contributed by atoms with Crippen molar-refractivity contribution in [1.29, 1.82) is 0 Å². The Morgan fingerprint density at radius 3 is 2.70 bits per heavy atom. The second kappa shape index (κ2) is 7.69. The Hall–Kier alpha value is -3.68. The van der Waals surface area contributed by atoms with Gasteiger partial charge in [-0.2, -0.15) is 4.98 Å². The van der Waals surface area contributed by atoms with Gasteiger partial charge >= 0.3 is 0 Å². The third-order valence-corrected chi connectivity index (χ3v) is 3.86. The van der Waals surface area contributed by atoms with Crippen LogP contribution in [0.2, 0.25) is 0 Å². The molecule has 3 heterocycles. The van der Waals surface area contributed by atoms with E-state index in [0.29, 0.717) is 17.7 Å². The highest BCUT2D eigenvalue weighted by Crippen LogP contribution is 2.24. The van der Waals surface area contributed by atoms with E-state index in [1.807, 2.05) is 12.1 Å². The van der Waals surface area contributed by atoms with Gasteiger partial charge in [-0.05, 0) is 24.3 Å². The molecule has 0 atom stereocenters. The standard InChI is InChI=1S/C19H15FN6O/c20-16-4-2-1-3-15(16)18-25-19(27-26-18)13-5-6-17(24-11-13)23-8-7-14-12-21-9-10-22-14/h1-6,9-12H,7-8H2,(H,23,24). The summed E-state index contributed by atoms with van der Waals surface area (Å²) in [6.07, 6.45) is 7.42. The monoisotopic (exact) mass is 362 g/mol. The molecule has 0 unspecified atom stereocenters. The van der Waals surface area contributed by atoms with Gasteiger partial charge in [0.1, 0.15) is 11.6 Å². The molecule has 0 radical (unpaired) electrons. The molecule has 0 aliphatic heterocycles. The number of aromatic nitrogens is 5. The average molecular weight is 362 g/mol. The topological polar surface area (TPSA) is 89.6 Å². The third kappa shape index (κ3) is 3.95. The normalized spacial score (nSPS) is 10.7. The molecule has 0 aliphatic carbocycles. The Kier molecular flexibility index (Phi) is 4.78. The van der Waals surface area contributed by atoms with Crippen LogP contribution in [0.1, 0.15) is 5.69 Å². The SMILES string of the molecule is Fc1ccccc1-c1noc(-c2ccc(NCCc3cnccn3)nc2)n1. The average Bonchev–Trinajstić information content (AvgIpc) is 3.20. The number of rotatable bonds is 6. The molecule has 4 aromatic rings. The van der Waals surface area contributed by atoms with Gasteiger partial charge in [-0.25, -0.2) is 9.37 Å². The minimum absolute atomic E-state index is 0.203. The van der Waals surface area contributed by atoms with Crippen LogP contribution < -0.4 is 5.32 Å². The lowest BCUT2D eigenvalue weighted by atomic mass is 10.2. The molecule has 4 rings (SSSR count). The molecule has 0 aliphatic rings. The first-order valence-electron chi connectivity index (χ1n) is 8.33. The van der Waals surface area contributed by atoms with Gasteiger partial charge in [0, 0.05) is 37.8 Å². The molecule has 0 fully saturated rings. The lowest BCUT2D eigenvalue weighted by Crippen LogP contribution is -2.07. The smallest absolute Gasteiger partial charge is 0.259 e. The Morgan fingerprint density at radius 2 is 1.93 bits per heavy atom. The van der Waals surface area contributed by atoms with Gasteiger partial charge in [0.2, 0.25) is 5.82 Å². The minimum atomic E-state index is -0.398. The molecular formula is C19H15FN6O. The number of nitrogens with zero attached hydrogens (tertiary/aromatic N) is 5. The summed E-state index contributed by atoms with van der Waals surface area (Å²) in [5, 5.41) is 7.06. The minimum Gasteiger partial charge on any atom is -0.370 e. The first kappa shape index (κ1) is 16.8. The maximum Gasteiger partial charge on any atom is 0.259 e. The second-order valence-corrected chi connectivity index (χ2v) is 5.71. The summed E-state index contributed by atoms with van der Waals surface area (Å²) in [6.45, 7) is 0.684. The van der Waals surface area contributed by atoms with Crippen molar-refractivity contribution in [2.24, 2.45) is 0 Å². The second-order valence-electron chi connectivity index (χ2n) is 5.71. The van der Waals surface area contributed by atoms with E-state index in [-0.39, 0.29) is 11.7 Å². The van der Waals surface area contributed by atoms with Gasteiger partial charge in [0.15, 0.2) is 0 Å². The molecule has 7 nitrogen and oxygen atoms in total. The van der Waals surface area contributed by atoms with Crippen LogP contribution in [0.15, 0.2) is 65.7 Å². The molecule has 1 aromatic carbocycles. The van der Waals surface area contributed by atoms with Crippen LogP contribution >= 0.6 is 0 Å². The lowest BCUT2D eigenvalue weighted by molar-refractivity contribution is 0.431. The van der Waals surface area contributed by atoms with E-state index in [9.17, 15) is 4.39 Å². The Balaban J connectivity index is 1.41. The van der Waals surface area contributed by atoms with Gasteiger partial charge in [-0.1, -0.05) is 17.3 Å². The fourth-order valence-electron chi connectivity index (χ4n) is 2.50. The fourth-order valence-corrected chi connectivity index (χ4v) is 2.50. The predicted molar refractivity (Wildman–Crippen MR) is 97.1 cm³/mol. The maximum absolute atomic E-state index is 13.8. The van der Waals surface area contributed by atoms with Gasteiger partial charge in [0.05, 0.1) is 16.8 Å². The van der Waals surface area contributed by atoms with Crippen molar-refractivity contribution >= 4 is 5.82 Å². The number of nitrogens with one attached hydrogen (secondary N) is 1. The zero-order chi connectivity index (χ0) is 18.5. The Labute approximate surface area is 154 Å². The first-order valence-corrected chi connectivity index (χ1v) is 8.33. The highest BCUT2D eigenvalue weighted by molar-refractivity contribution is 5.60. The van der Waals surface area contributed by atoms with Crippen molar-refractivity contribution in [1.82, 2.24) is 25.1 Å². The molecule has 0 amide bonds. The van der Waals surface area contributed by atoms with Crippen molar-refractivity contribution in [3.63, 3.8) is 0 Å². The van der Waals surface area contributed by atoms with Gasteiger partial charge in [-0.3, -0.25) is 9.97 Å². The van der Waals surface area contributed by atoms with Crippen molar-refractivity contribution < 1.29 is 8.91 Å². The van der Waals surface area contributed by atoms with E-state index in [4.69, 9.17) is 4.52 Å². The quantitative estimate of drug-likeness (QED) is 0.562. The Morgan fingerprint density at radius 1 is 1.00 bits per heavy atom. The number of hydrogen-bond acceptors (Lipinski definition) is 7. The van der Waals surface area contributed by atoms with E-state index in [2.05, 4.69) is 30.4 Å². The molecule has 27 heavy (non-hydrogen) atoms. The van der Waals surface area contributed by atoms with Gasteiger partial charge in [-0.15, -0.1) is 0 Å². The van der Waals surface area contributed by atoms with Crippen LogP contribution in [0.5, 0.6) is 0 Å². The van der Waals surface area contributed by atoms with Crippen LogP contribution in [0, 0.1) is 5.82 Å². The molecular weight excluding hydrogens is 347 g/mol. The molecule has 3 aromatic heterocycles. The van der Waals surface area contributed by atoms with Crippen molar-refractivity contribution in [3.8, 4) is 22.8 Å². The summed E-state index contributed by atoms with van der Waals surface area (Å²) in [7, 11) is 0. The molecule has 0 spiro atoms. The van der Waals surface area contributed by atoms with Crippen LogP contribution in [-0.2, 0) is 6.42 Å². The number of benzene rings is 1. The van der Waals surface area contributed by atoms with E-state index in [1.54, 1.807) is 43.0 Å². The molecule has 0 saturated carbocycles. The van der Waals surface area contributed by atoms with E-state index >= 15 is 0 Å². The zero-order valence-electron chi connectivity index (χ0n) is 14.2. The zero-order valence-corrected chi connectivity index (χ0v) is 14.2. The van der Waals surface area contributed by atoms with E-state index in [0.717, 1.165) is 17.9 Å². The summed E-state index contributed by atoms with van der Waals surface area (Å²) in [5.41, 5.74) is 1.86. The summed E-state index contributed by atoms with van der Waals surface area (Å²) >= 11 is 0. The fraction of sp³-hybridized carbons (Fsp3) is 0.105. The highest BCUT2D eigenvalue weighted by Gasteiger charge is 2.13. The maximum atomic E-state index is 13.8. The molecule has 0 bridgehead atoms. The van der Waals surface area contributed by atoms with E-state index < -0.39 is 5.82 Å². The van der Waals surface area contributed by atoms with Crippen molar-refractivity contribution in [2.75, 3.05) is 11.9 Å². The van der Waals surface area contributed by atoms with Gasteiger partial charge in [0.25, 0.3) is 5.89 Å². The number of anilines is 1. The number of halogens is 1. The Bertz CT molecular complexity index is 1020. The molecule has 0 saturated heterocycles. The number of hydrogen-bond donors (Lipinski definition) is 1. The largest absolute Gasteiger partial charge is 0.370 e. The highest BCUT2D eigenvalue weighted by atomic mass is 19.1. The lowest BCUT2D eigenvalue weighted by Gasteiger charge is -2.05. The van der Waals surface area contributed by atoms with Crippen LogP contribution in [0.4, 0.5) is 10.2 Å². The number of pyridine rings is 1. The van der Waals surface area contributed by atoms with E-state index in [1.165, 1.54) is 6.07 Å². The molecule has 134 valence electrons. The predicted octanol–water partition coefficient (Wildman–Crippen LogP) is 3.38. The van der Waals surface area contributed by atoms with Gasteiger partial charge < -0.3 is 9.84 Å². The van der Waals surface area contributed by atoms with Crippen molar-refractivity contribution in [3.05, 3.63) is 72.7 Å². The molecule has 8 heteroatoms. The van der Waals surface area contributed by atoms with Crippen molar-refractivity contribution in [2.45, 2.75) is 6.42 Å². The summed E-state index contributed by atoms with van der Waals surface area (Å²) in [6, 6.07) is 9.92. The van der Waals surface area contributed by atoms with Crippen LogP contribution in [0.3, 0.4) is 0 Å². The first-order chi connectivity index (χ1) is 13.3. The summed E-state index contributed by atoms with van der Waals surface area (Å²) in [4.78, 5) is 16.8. The van der Waals surface area contributed by atoms with Crippen LogP contribution in [0.25, 0.3) is 22.8 Å². The third-order valence-electron chi connectivity index (χ3n) is 3.86. The van der Waals surface area contributed by atoms with Crippen LogP contribution in [-0.4, -0.2) is 31.6 Å². The molecule has 1 N–H and O–H groups in total.